The molecule has 0 aliphatic carbocycles. The molecule has 2 amide bonds. The van der Waals surface area contributed by atoms with E-state index in [1.54, 1.807) is 24.3 Å². The SMILES string of the molecule is CC(C)C(NC(=O)c1ccccc1Cl)C(=O)NCc1ccccc1OCc1ccccc1. The molecule has 6 heteroatoms. The van der Waals surface area contributed by atoms with Crippen LogP contribution in [0.2, 0.25) is 5.02 Å². The molecule has 3 aromatic carbocycles. The molecule has 0 fully saturated rings. The van der Waals surface area contributed by atoms with E-state index < -0.39 is 6.04 Å². The summed E-state index contributed by atoms with van der Waals surface area (Å²) < 4.78 is 5.96. The lowest BCUT2D eigenvalue weighted by Crippen LogP contribution is -2.49. The molecular formula is C26H27ClN2O3. The van der Waals surface area contributed by atoms with E-state index in [1.807, 2.05) is 68.4 Å². The summed E-state index contributed by atoms with van der Waals surface area (Å²) in [6.45, 7) is 4.49. The second-order valence-electron chi connectivity index (χ2n) is 7.77. The van der Waals surface area contributed by atoms with E-state index in [0.717, 1.165) is 11.1 Å². The molecule has 1 atom stereocenters. The zero-order valence-electron chi connectivity index (χ0n) is 18.2. The van der Waals surface area contributed by atoms with Crippen LogP contribution in [-0.2, 0) is 17.9 Å². The van der Waals surface area contributed by atoms with Crippen molar-refractivity contribution < 1.29 is 14.3 Å². The maximum absolute atomic E-state index is 12.9. The van der Waals surface area contributed by atoms with Crippen molar-refractivity contribution in [3.05, 3.63) is 101 Å². The van der Waals surface area contributed by atoms with Gasteiger partial charge in [-0.25, -0.2) is 0 Å². The van der Waals surface area contributed by atoms with Crippen molar-refractivity contribution in [2.75, 3.05) is 0 Å². The van der Waals surface area contributed by atoms with E-state index in [-0.39, 0.29) is 24.3 Å². The summed E-state index contributed by atoms with van der Waals surface area (Å²) in [5.41, 5.74) is 2.26. The molecule has 3 rings (SSSR count). The monoisotopic (exact) mass is 450 g/mol. The highest BCUT2D eigenvalue weighted by Gasteiger charge is 2.25. The van der Waals surface area contributed by atoms with Gasteiger partial charge in [0.15, 0.2) is 0 Å². The summed E-state index contributed by atoms with van der Waals surface area (Å²) in [5.74, 6) is -0.0434. The number of halogens is 1. The number of rotatable bonds is 9. The second-order valence-corrected chi connectivity index (χ2v) is 8.18. The van der Waals surface area contributed by atoms with Crippen LogP contribution < -0.4 is 15.4 Å². The summed E-state index contributed by atoms with van der Waals surface area (Å²) >= 11 is 6.12. The van der Waals surface area contributed by atoms with Crippen LogP contribution in [0.15, 0.2) is 78.9 Å². The molecule has 0 saturated carbocycles. The molecule has 1 unspecified atom stereocenters. The predicted molar refractivity (Wildman–Crippen MR) is 127 cm³/mol. The molecule has 0 heterocycles. The van der Waals surface area contributed by atoms with E-state index >= 15 is 0 Å². The Kier molecular flexibility index (Phi) is 8.28. The molecule has 3 aromatic rings. The van der Waals surface area contributed by atoms with E-state index in [1.165, 1.54) is 0 Å². The number of hydrogen-bond acceptors (Lipinski definition) is 3. The zero-order valence-corrected chi connectivity index (χ0v) is 18.9. The van der Waals surface area contributed by atoms with E-state index in [2.05, 4.69) is 10.6 Å². The summed E-state index contributed by atoms with van der Waals surface area (Å²) in [4.78, 5) is 25.5. The predicted octanol–water partition coefficient (Wildman–Crippen LogP) is 4.99. The quantitative estimate of drug-likeness (QED) is 0.482. The Morgan fingerprint density at radius 2 is 1.56 bits per heavy atom. The van der Waals surface area contributed by atoms with Gasteiger partial charge in [0.1, 0.15) is 18.4 Å². The van der Waals surface area contributed by atoms with Crippen molar-refractivity contribution in [2.45, 2.75) is 33.0 Å². The number of amides is 2. The Morgan fingerprint density at radius 3 is 2.28 bits per heavy atom. The number of ether oxygens (including phenoxy) is 1. The molecule has 0 aliphatic rings. The van der Waals surface area contributed by atoms with Gasteiger partial charge in [-0.05, 0) is 29.7 Å². The molecule has 0 spiro atoms. The second kappa shape index (κ2) is 11.3. The van der Waals surface area contributed by atoms with Gasteiger partial charge in [0.05, 0.1) is 10.6 Å². The van der Waals surface area contributed by atoms with Crippen LogP contribution in [0.4, 0.5) is 0 Å². The number of para-hydroxylation sites is 1. The maximum Gasteiger partial charge on any atom is 0.253 e. The Morgan fingerprint density at radius 1 is 0.906 bits per heavy atom. The first-order valence-corrected chi connectivity index (χ1v) is 10.9. The third-order valence-corrected chi connectivity index (χ3v) is 5.35. The Balaban J connectivity index is 1.63. The minimum atomic E-state index is -0.698. The largest absolute Gasteiger partial charge is 0.489 e. The molecule has 0 aromatic heterocycles. The minimum absolute atomic E-state index is 0.106. The molecule has 166 valence electrons. The van der Waals surface area contributed by atoms with Crippen molar-refractivity contribution in [1.82, 2.24) is 10.6 Å². The van der Waals surface area contributed by atoms with Crippen LogP contribution in [0.3, 0.4) is 0 Å². The number of carbonyl (C=O) groups is 2. The molecule has 0 radical (unpaired) electrons. The molecule has 0 aliphatic heterocycles. The molecule has 5 nitrogen and oxygen atoms in total. The summed E-state index contributed by atoms with van der Waals surface area (Å²) in [7, 11) is 0. The first kappa shape index (κ1) is 23.4. The number of carbonyl (C=O) groups excluding carboxylic acids is 2. The third-order valence-electron chi connectivity index (χ3n) is 5.02. The highest BCUT2D eigenvalue weighted by atomic mass is 35.5. The average molecular weight is 451 g/mol. The van der Waals surface area contributed by atoms with Crippen LogP contribution >= 0.6 is 11.6 Å². The van der Waals surface area contributed by atoms with Crippen LogP contribution in [0, 0.1) is 5.92 Å². The lowest BCUT2D eigenvalue weighted by Gasteiger charge is -2.22. The van der Waals surface area contributed by atoms with Gasteiger partial charge in [0.25, 0.3) is 5.91 Å². The fourth-order valence-corrected chi connectivity index (χ4v) is 3.44. The fraction of sp³-hybridized carbons (Fsp3) is 0.231. The van der Waals surface area contributed by atoms with Gasteiger partial charge in [-0.15, -0.1) is 0 Å². The van der Waals surface area contributed by atoms with Gasteiger partial charge in [-0.1, -0.05) is 86.1 Å². The van der Waals surface area contributed by atoms with Crippen LogP contribution in [0.25, 0.3) is 0 Å². The summed E-state index contributed by atoms with van der Waals surface area (Å²) in [5, 5.41) is 6.07. The van der Waals surface area contributed by atoms with E-state index in [4.69, 9.17) is 16.3 Å². The van der Waals surface area contributed by atoms with Crippen molar-refractivity contribution in [2.24, 2.45) is 5.92 Å². The molecular weight excluding hydrogens is 424 g/mol. The molecule has 32 heavy (non-hydrogen) atoms. The molecule has 0 bridgehead atoms. The zero-order chi connectivity index (χ0) is 22.9. The topological polar surface area (TPSA) is 67.4 Å². The first-order chi connectivity index (χ1) is 15.5. The lowest BCUT2D eigenvalue weighted by molar-refractivity contribution is -0.124. The van der Waals surface area contributed by atoms with Gasteiger partial charge < -0.3 is 15.4 Å². The van der Waals surface area contributed by atoms with E-state index in [0.29, 0.717) is 22.9 Å². The standard InChI is InChI=1S/C26H27ClN2O3/c1-18(2)24(29-25(30)21-13-7-8-14-22(21)27)26(31)28-16-20-12-6-9-15-23(20)32-17-19-10-4-3-5-11-19/h3-15,18,24H,16-17H2,1-2H3,(H,28,31)(H,29,30). The number of hydrogen-bond donors (Lipinski definition) is 2. The first-order valence-electron chi connectivity index (χ1n) is 10.5. The molecule has 0 saturated heterocycles. The minimum Gasteiger partial charge on any atom is -0.489 e. The van der Waals surface area contributed by atoms with Gasteiger partial charge in [0, 0.05) is 12.1 Å². The van der Waals surface area contributed by atoms with Crippen LogP contribution in [-0.4, -0.2) is 17.9 Å². The van der Waals surface area contributed by atoms with E-state index in [9.17, 15) is 9.59 Å². The fourth-order valence-electron chi connectivity index (χ4n) is 3.22. The van der Waals surface area contributed by atoms with Crippen LogP contribution in [0.1, 0.15) is 35.3 Å². The van der Waals surface area contributed by atoms with Gasteiger partial charge in [-0.2, -0.15) is 0 Å². The van der Waals surface area contributed by atoms with Gasteiger partial charge >= 0.3 is 0 Å². The number of nitrogens with one attached hydrogen (secondary N) is 2. The third kappa shape index (κ3) is 6.34. The Labute approximate surface area is 193 Å². The summed E-state index contributed by atoms with van der Waals surface area (Å²) in [6, 6.07) is 23.5. The lowest BCUT2D eigenvalue weighted by atomic mass is 10.0. The van der Waals surface area contributed by atoms with Crippen molar-refractivity contribution in [3.63, 3.8) is 0 Å². The Bertz CT molecular complexity index is 1050. The van der Waals surface area contributed by atoms with Crippen molar-refractivity contribution in [3.8, 4) is 5.75 Å². The highest BCUT2D eigenvalue weighted by molar-refractivity contribution is 6.33. The Hall–Kier alpha value is -3.31. The van der Waals surface area contributed by atoms with Gasteiger partial charge in [0.2, 0.25) is 5.91 Å². The van der Waals surface area contributed by atoms with Crippen molar-refractivity contribution in [1.29, 1.82) is 0 Å². The maximum atomic E-state index is 12.9. The highest BCUT2D eigenvalue weighted by Crippen LogP contribution is 2.20. The molecule has 2 N–H and O–H groups in total. The van der Waals surface area contributed by atoms with Crippen molar-refractivity contribution >= 4 is 23.4 Å². The average Bonchev–Trinajstić information content (AvgIpc) is 2.80. The van der Waals surface area contributed by atoms with Gasteiger partial charge in [-0.3, -0.25) is 9.59 Å². The van der Waals surface area contributed by atoms with Crippen LogP contribution in [0.5, 0.6) is 5.75 Å². The summed E-state index contributed by atoms with van der Waals surface area (Å²) in [6.07, 6.45) is 0. The number of benzene rings is 3. The smallest absolute Gasteiger partial charge is 0.253 e. The normalized spacial score (nSPS) is 11.6.